The van der Waals surface area contributed by atoms with Gasteiger partial charge < -0.3 is 0 Å². The monoisotopic (exact) mass is 147 g/mol. The molecular formula is C6H11O2S. The van der Waals surface area contributed by atoms with Gasteiger partial charge in [-0.15, -0.1) is 0 Å². The Morgan fingerprint density at radius 1 is 1.56 bits per heavy atom. The molecule has 1 unspecified atom stereocenters. The van der Waals surface area contributed by atoms with Crippen LogP contribution in [0.3, 0.4) is 0 Å². The summed E-state index contributed by atoms with van der Waals surface area (Å²) in [6, 6.07) is 0. The van der Waals surface area contributed by atoms with Gasteiger partial charge in [0.25, 0.3) is 0 Å². The van der Waals surface area contributed by atoms with Crippen molar-refractivity contribution in [1.29, 1.82) is 0 Å². The van der Waals surface area contributed by atoms with Gasteiger partial charge in [0.2, 0.25) is 0 Å². The summed E-state index contributed by atoms with van der Waals surface area (Å²) in [5, 5.41) is -0.0718. The molecule has 1 fully saturated rings. The van der Waals surface area contributed by atoms with Crippen LogP contribution in [-0.2, 0) is 9.84 Å². The molecule has 0 aliphatic heterocycles. The van der Waals surface area contributed by atoms with Crippen molar-refractivity contribution in [3.63, 3.8) is 0 Å². The van der Waals surface area contributed by atoms with E-state index in [4.69, 9.17) is 0 Å². The molecule has 0 aromatic carbocycles. The van der Waals surface area contributed by atoms with Gasteiger partial charge in [0, 0.05) is 6.26 Å². The van der Waals surface area contributed by atoms with Crippen molar-refractivity contribution in [2.24, 2.45) is 0 Å². The van der Waals surface area contributed by atoms with Gasteiger partial charge in [-0.05, 0) is 25.7 Å². The predicted octanol–water partition coefficient (Wildman–Crippen LogP) is 0.788. The molecular weight excluding hydrogens is 136 g/mol. The van der Waals surface area contributed by atoms with Gasteiger partial charge in [-0.2, -0.15) is 0 Å². The predicted molar refractivity (Wildman–Crippen MR) is 36.8 cm³/mol. The lowest BCUT2D eigenvalue weighted by molar-refractivity contribution is 0.586. The lowest BCUT2D eigenvalue weighted by atomic mass is 10.4. The van der Waals surface area contributed by atoms with Crippen molar-refractivity contribution in [1.82, 2.24) is 0 Å². The standard InChI is InChI=1S/C6H11O2S/c1-9(7,8)6-4-2-3-5-6/h2,6H,3-5H2,1H3. The summed E-state index contributed by atoms with van der Waals surface area (Å²) in [5.74, 6) is 0. The summed E-state index contributed by atoms with van der Waals surface area (Å²) in [6.07, 6.45) is 5.93. The normalized spacial score (nSPS) is 22.8. The third kappa shape index (κ3) is 1.68. The summed E-state index contributed by atoms with van der Waals surface area (Å²) < 4.78 is 21.6. The topological polar surface area (TPSA) is 34.1 Å². The Labute approximate surface area is 56.2 Å². The Morgan fingerprint density at radius 2 is 2.22 bits per heavy atom. The SMILES string of the molecule is CS(=O)(=O)C1C[CH]CC1. The molecule has 0 aromatic heterocycles. The Morgan fingerprint density at radius 3 is 2.44 bits per heavy atom. The molecule has 0 amide bonds. The average molecular weight is 147 g/mol. The highest BCUT2D eigenvalue weighted by atomic mass is 32.2. The van der Waals surface area contributed by atoms with E-state index in [1.54, 1.807) is 0 Å². The maximum atomic E-state index is 10.8. The van der Waals surface area contributed by atoms with Crippen LogP contribution in [0.2, 0.25) is 0 Å². The molecule has 9 heavy (non-hydrogen) atoms. The smallest absolute Gasteiger partial charge is 0.150 e. The summed E-state index contributed by atoms with van der Waals surface area (Å²) in [6.45, 7) is 0. The van der Waals surface area contributed by atoms with E-state index in [-0.39, 0.29) is 5.25 Å². The van der Waals surface area contributed by atoms with E-state index in [0.717, 1.165) is 19.3 Å². The number of sulfone groups is 1. The molecule has 0 spiro atoms. The van der Waals surface area contributed by atoms with Crippen molar-refractivity contribution in [2.45, 2.75) is 24.5 Å². The first-order valence-corrected chi connectivity index (χ1v) is 5.06. The van der Waals surface area contributed by atoms with Crippen molar-refractivity contribution in [3.8, 4) is 0 Å². The Hall–Kier alpha value is -0.0500. The fourth-order valence-corrected chi connectivity index (χ4v) is 2.16. The molecule has 1 saturated carbocycles. The molecule has 1 aliphatic rings. The lowest BCUT2D eigenvalue weighted by Crippen LogP contribution is -2.14. The summed E-state index contributed by atoms with van der Waals surface area (Å²) in [5.41, 5.74) is 0. The third-order valence-corrected chi connectivity index (χ3v) is 3.37. The van der Waals surface area contributed by atoms with Crippen LogP contribution >= 0.6 is 0 Å². The van der Waals surface area contributed by atoms with Crippen LogP contribution in [0.4, 0.5) is 0 Å². The molecule has 0 aromatic rings. The van der Waals surface area contributed by atoms with Crippen molar-refractivity contribution in [3.05, 3.63) is 6.42 Å². The van der Waals surface area contributed by atoms with Crippen molar-refractivity contribution >= 4 is 9.84 Å². The molecule has 1 rings (SSSR count). The molecule has 2 nitrogen and oxygen atoms in total. The molecule has 3 heteroatoms. The highest BCUT2D eigenvalue weighted by Crippen LogP contribution is 2.22. The van der Waals surface area contributed by atoms with Crippen LogP contribution in [0.5, 0.6) is 0 Å². The quantitative estimate of drug-likeness (QED) is 0.549. The number of hydrogen-bond acceptors (Lipinski definition) is 2. The highest BCUT2D eigenvalue weighted by molar-refractivity contribution is 7.91. The first-order valence-electron chi connectivity index (χ1n) is 3.11. The number of hydrogen-bond donors (Lipinski definition) is 0. The third-order valence-electron chi connectivity index (χ3n) is 1.73. The van der Waals surface area contributed by atoms with Gasteiger partial charge in [0.15, 0.2) is 0 Å². The van der Waals surface area contributed by atoms with Gasteiger partial charge in [0.05, 0.1) is 5.25 Å². The molecule has 0 bridgehead atoms. The maximum absolute atomic E-state index is 10.8. The summed E-state index contributed by atoms with van der Waals surface area (Å²) in [4.78, 5) is 0. The van der Waals surface area contributed by atoms with Crippen LogP contribution in [0, 0.1) is 6.42 Å². The molecule has 0 N–H and O–H groups in total. The molecule has 0 heterocycles. The van der Waals surface area contributed by atoms with Gasteiger partial charge in [-0.1, -0.05) is 0 Å². The number of rotatable bonds is 1. The van der Waals surface area contributed by atoms with Gasteiger partial charge >= 0.3 is 0 Å². The van der Waals surface area contributed by atoms with Gasteiger partial charge in [-0.3, -0.25) is 0 Å². The second-order valence-corrected chi connectivity index (χ2v) is 4.88. The van der Waals surface area contributed by atoms with Crippen LogP contribution in [0.25, 0.3) is 0 Å². The molecule has 1 atom stereocenters. The maximum Gasteiger partial charge on any atom is 0.150 e. The van der Waals surface area contributed by atoms with E-state index < -0.39 is 9.84 Å². The van der Waals surface area contributed by atoms with E-state index in [1.165, 1.54) is 6.26 Å². The molecule has 0 saturated heterocycles. The molecule has 53 valence electrons. The Kier molecular flexibility index (Phi) is 1.80. The minimum Gasteiger partial charge on any atom is -0.229 e. The first kappa shape index (κ1) is 7.06. The second-order valence-electron chi connectivity index (χ2n) is 2.55. The van der Waals surface area contributed by atoms with Crippen LogP contribution in [0.15, 0.2) is 0 Å². The van der Waals surface area contributed by atoms with Crippen LogP contribution in [-0.4, -0.2) is 19.9 Å². The van der Waals surface area contributed by atoms with Gasteiger partial charge in [0.1, 0.15) is 9.84 Å². The zero-order valence-corrected chi connectivity index (χ0v) is 6.32. The van der Waals surface area contributed by atoms with Crippen LogP contribution < -0.4 is 0 Å². The highest BCUT2D eigenvalue weighted by Gasteiger charge is 2.24. The average Bonchev–Trinajstić information content (AvgIpc) is 2.08. The summed E-state index contributed by atoms with van der Waals surface area (Å²) >= 11 is 0. The largest absolute Gasteiger partial charge is 0.229 e. The van der Waals surface area contributed by atoms with E-state index in [0.29, 0.717) is 0 Å². The van der Waals surface area contributed by atoms with E-state index >= 15 is 0 Å². The first-order chi connectivity index (χ1) is 4.11. The zero-order valence-electron chi connectivity index (χ0n) is 5.50. The van der Waals surface area contributed by atoms with Crippen molar-refractivity contribution in [2.75, 3.05) is 6.26 Å². The Bertz CT molecular complexity index is 175. The minimum absolute atomic E-state index is 0.0718. The van der Waals surface area contributed by atoms with E-state index in [1.807, 2.05) is 6.42 Å². The fourth-order valence-electron chi connectivity index (χ4n) is 1.11. The fraction of sp³-hybridized carbons (Fsp3) is 0.833. The van der Waals surface area contributed by atoms with Gasteiger partial charge in [-0.25, -0.2) is 8.42 Å². The Balaban J connectivity index is 2.63. The zero-order chi connectivity index (χ0) is 6.91. The lowest BCUT2D eigenvalue weighted by Gasteiger charge is -2.03. The molecule has 1 aliphatic carbocycles. The van der Waals surface area contributed by atoms with E-state index in [9.17, 15) is 8.42 Å². The van der Waals surface area contributed by atoms with E-state index in [2.05, 4.69) is 0 Å². The van der Waals surface area contributed by atoms with Crippen LogP contribution in [0.1, 0.15) is 19.3 Å². The van der Waals surface area contributed by atoms with Crippen molar-refractivity contribution < 1.29 is 8.42 Å². The summed E-state index contributed by atoms with van der Waals surface area (Å²) in [7, 11) is -2.73. The minimum atomic E-state index is -2.73. The second kappa shape index (κ2) is 2.29. The molecule has 1 radical (unpaired) electrons.